The summed E-state index contributed by atoms with van der Waals surface area (Å²) in [5, 5.41) is 0. The molecule has 0 aromatic heterocycles. The fourth-order valence-electron chi connectivity index (χ4n) is 3.48. The van der Waals surface area contributed by atoms with E-state index < -0.39 is 0 Å². The van der Waals surface area contributed by atoms with Crippen LogP contribution in [0.1, 0.15) is 47.0 Å². The van der Waals surface area contributed by atoms with Gasteiger partial charge in [-0.1, -0.05) is 52.3 Å². The summed E-state index contributed by atoms with van der Waals surface area (Å²) in [6.45, 7) is 12.9. The zero-order chi connectivity index (χ0) is 13.5. The Bertz CT molecular complexity index is 403. The predicted octanol–water partition coefficient (Wildman–Crippen LogP) is 3.88. The normalized spacial score (nSPS) is 31.7. The van der Waals surface area contributed by atoms with Crippen LogP contribution >= 0.6 is 0 Å². The van der Waals surface area contributed by atoms with Gasteiger partial charge in [-0.05, 0) is 24.2 Å². The quantitative estimate of drug-likeness (QED) is 0.430. The number of ether oxygens (including phenoxy) is 1. The lowest BCUT2D eigenvalue weighted by molar-refractivity contribution is -0.140. The van der Waals surface area contributed by atoms with Crippen molar-refractivity contribution in [1.29, 1.82) is 0 Å². The van der Waals surface area contributed by atoms with E-state index in [-0.39, 0.29) is 23.4 Å². The van der Waals surface area contributed by atoms with Gasteiger partial charge in [0, 0.05) is 11.5 Å². The summed E-state index contributed by atoms with van der Waals surface area (Å²) in [6.07, 6.45) is 5.59. The second-order valence-corrected chi connectivity index (χ2v) is 6.39. The molecule has 0 radical (unpaired) electrons. The molecule has 100 valence electrons. The molecule has 18 heavy (non-hydrogen) atoms. The van der Waals surface area contributed by atoms with Crippen molar-refractivity contribution in [2.24, 2.45) is 17.3 Å². The molecule has 0 amide bonds. The summed E-state index contributed by atoms with van der Waals surface area (Å²) in [5.74, 6) is 0.482. The molecule has 0 bridgehead atoms. The third-order valence-electron chi connectivity index (χ3n) is 4.43. The molecule has 2 aliphatic rings. The van der Waals surface area contributed by atoms with Gasteiger partial charge in [0.15, 0.2) is 0 Å². The molecule has 1 saturated heterocycles. The number of hydrogen-bond acceptors (Lipinski definition) is 2. The van der Waals surface area contributed by atoms with Crippen LogP contribution in [0.25, 0.3) is 0 Å². The summed E-state index contributed by atoms with van der Waals surface area (Å²) in [6, 6.07) is 0. The van der Waals surface area contributed by atoms with Crippen LogP contribution in [-0.2, 0) is 9.53 Å². The molecule has 3 atom stereocenters. The van der Waals surface area contributed by atoms with E-state index in [1.807, 2.05) is 0 Å². The van der Waals surface area contributed by atoms with E-state index >= 15 is 0 Å². The van der Waals surface area contributed by atoms with E-state index in [0.717, 1.165) is 6.42 Å². The summed E-state index contributed by atoms with van der Waals surface area (Å²) < 4.78 is 5.42. The van der Waals surface area contributed by atoms with E-state index in [1.165, 1.54) is 18.4 Å². The lowest BCUT2D eigenvalue weighted by atomic mass is 9.66. The molecular weight excluding hydrogens is 224 g/mol. The van der Waals surface area contributed by atoms with E-state index in [4.69, 9.17) is 4.74 Å². The maximum absolute atomic E-state index is 11.6. The fraction of sp³-hybridized carbons (Fsp3) is 0.688. The van der Waals surface area contributed by atoms with Gasteiger partial charge in [0.2, 0.25) is 0 Å². The molecule has 3 unspecified atom stereocenters. The summed E-state index contributed by atoms with van der Waals surface area (Å²) in [5.41, 5.74) is 2.24. The van der Waals surface area contributed by atoms with Crippen LogP contribution in [0.5, 0.6) is 0 Å². The van der Waals surface area contributed by atoms with E-state index in [9.17, 15) is 4.79 Å². The van der Waals surface area contributed by atoms with Crippen molar-refractivity contribution >= 4 is 5.97 Å². The molecule has 0 aromatic carbocycles. The number of carbonyl (C=O) groups excluding carboxylic acids is 1. The molecule has 1 aliphatic carbocycles. The molecule has 0 aromatic rings. The average molecular weight is 248 g/mol. The van der Waals surface area contributed by atoms with Crippen molar-refractivity contribution in [3.63, 3.8) is 0 Å². The molecule has 0 N–H and O–H groups in total. The fourth-order valence-corrected chi connectivity index (χ4v) is 3.48. The van der Waals surface area contributed by atoms with Crippen LogP contribution in [0.4, 0.5) is 0 Å². The summed E-state index contributed by atoms with van der Waals surface area (Å²) >= 11 is 0. The van der Waals surface area contributed by atoms with Crippen molar-refractivity contribution in [2.75, 3.05) is 0 Å². The van der Waals surface area contributed by atoms with Gasteiger partial charge in [-0.15, -0.1) is 0 Å². The minimum atomic E-state index is -0.207. The minimum absolute atomic E-state index is 0.0116. The largest absolute Gasteiger partial charge is 0.458 e. The average Bonchev–Trinajstić information content (AvgIpc) is 2.52. The molecule has 1 heterocycles. The van der Waals surface area contributed by atoms with E-state index in [0.29, 0.717) is 11.5 Å². The third-order valence-corrected chi connectivity index (χ3v) is 4.43. The lowest BCUT2D eigenvalue weighted by Crippen LogP contribution is -2.33. The highest BCUT2D eigenvalue weighted by atomic mass is 16.6. The van der Waals surface area contributed by atoms with Crippen LogP contribution in [0.15, 0.2) is 23.8 Å². The number of rotatable bonds is 3. The summed E-state index contributed by atoms with van der Waals surface area (Å²) in [4.78, 5) is 11.6. The standard InChI is InChI=1S/C16H24O2/c1-6-7-10(2)13-8-12-11(3)15(17)18-14(12)9-16(13,4)5/h8,10,12,14H,3,6-7,9H2,1-2,4-5H3. The Morgan fingerprint density at radius 1 is 1.56 bits per heavy atom. The molecule has 2 heteroatoms. The number of allylic oxidation sites excluding steroid dienone is 1. The maximum atomic E-state index is 11.6. The smallest absolute Gasteiger partial charge is 0.334 e. The molecule has 0 saturated carbocycles. The predicted molar refractivity (Wildman–Crippen MR) is 73.1 cm³/mol. The Morgan fingerprint density at radius 2 is 2.22 bits per heavy atom. The zero-order valence-corrected chi connectivity index (χ0v) is 12.0. The van der Waals surface area contributed by atoms with Crippen LogP contribution in [-0.4, -0.2) is 12.1 Å². The first-order valence-electron chi connectivity index (χ1n) is 6.98. The van der Waals surface area contributed by atoms with Gasteiger partial charge >= 0.3 is 5.97 Å². The van der Waals surface area contributed by atoms with Gasteiger partial charge in [-0.2, -0.15) is 0 Å². The van der Waals surface area contributed by atoms with Gasteiger partial charge in [-0.3, -0.25) is 0 Å². The molecule has 1 aliphatic heterocycles. The first-order valence-corrected chi connectivity index (χ1v) is 6.98. The topological polar surface area (TPSA) is 26.3 Å². The van der Waals surface area contributed by atoms with Crippen molar-refractivity contribution in [2.45, 2.75) is 53.1 Å². The highest BCUT2D eigenvalue weighted by Gasteiger charge is 2.45. The van der Waals surface area contributed by atoms with Crippen LogP contribution in [0.3, 0.4) is 0 Å². The van der Waals surface area contributed by atoms with Crippen molar-refractivity contribution < 1.29 is 9.53 Å². The second-order valence-electron chi connectivity index (χ2n) is 6.39. The SMILES string of the molecule is C=C1C(=O)OC2CC(C)(C)C(C(C)CCC)=CC12. The Balaban J connectivity index is 2.32. The van der Waals surface area contributed by atoms with Crippen molar-refractivity contribution in [3.05, 3.63) is 23.8 Å². The highest BCUT2D eigenvalue weighted by Crippen LogP contribution is 2.48. The van der Waals surface area contributed by atoms with Crippen LogP contribution in [0.2, 0.25) is 0 Å². The van der Waals surface area contributed by atoms with Crippen LogP contribution < -0.4 is 0 Å². The number of hydrogen-bond donors (Lipinski definition) is 0. The Morgan fingerprint density at radius 3 is 2.83 bits per heavy atom. The monoisotopic (exact) mass is 248 g/mol. The molecule has 1 fully saturated rings. The highest BCUT2D eigenvalue weighted by molar-refractivity contribution is 5.91. The summed E-state index contributed by atoms with van der Waals surface area (Å²) in [7, 11) is 0. The number of esters is 1. The second kappa shape index (κ2) is 4.56. The number of carbonyl (C=O) groups is 1. The maximum Gasteiger partial charge on any atom is 0.334 e. The Kier molecular flexibility index (Phi) is 3.39. The van der Waals surface area contributed by atoms with Gasteiger partial charge in [0.05, 0.1) is 0 Å². The van der Waals surface area contributed by atoms with Gasteiger partial charge < -0.3 is 4.74 Å². The lowest BCUT2D eigenvalue weighted by Gasteiger charge is -2.39. The molecular formula is C16H24O2. The van der Waals surface area contributed by atoms with E-state index in [1.54, 1.807) is 0 Å². The minimum Gasteiger partial charge on any atom is -0.458 e. The molecule has 2 nitrogen and oxygen atoms in total. The van der Waals surface area contributed by atoms with Crippen molar-refractivity contribution in [3.8, 4) is 0 Å². The first-order chi connectivity index (χ1) is 8.36. The van der Waals surface area contributed by atoms with Gasteiger partial charge in [-0.25, -0.2) is 4.79 Å². The third kappa shape index (κ3) is 2.13. The first kappa shape index (κ1) is 13.4. The Labute approximate surface area is 110 Å². The van der Waals surface area contributed by atoms with Crippen molar-refractivity contribution in [1.82, 2.24) is 0 Å². The molecule has 2 rings (SSSR count). The molecule has 0 spiro atoms. The zero-order valence-electron chi connectivity index (χ0n) is 12.0. The van der Waals surface area contributed by atoms with Gasteiger partial charge in [0.25, 0.3) is 0 Å². The van der Waals surface area contributed by atoms with Gasteiger partial charge in [0.1, 0.15) is 6.10 Å². The van der Waals surface area contributed by atoms with Crippen LogP contribution in [0, 0.1) is 17.3 Å². The Hall–Kier alpha value is -1.05. The van der Waals surface area contributed by atoms with E-state index in [2.05, 4.69) is 40.3 Å². The number of fused-ring (bicyclic) bond motifs is 1.